The summed E-state index contributed by atoms with van der Waals surface area (Å²) in [6.45, 7) is 1.00. The third-order valence-corrected chi connectivity index (χ3v) is 4.42. The highest BCUT2D eigenvalue weighted by atomic mass is 19.4. The summed E-state index contributed by atoms with van der Waals surface area (Å²) in [5.74, 6) is -3.86. The van der Waals surface area contributed by atoms with E-state index in [0.29, 0.717) is 19.2 Å². The fourth-order valence-corrected chi connectivity index (χ4v) is 2.96. The zero-order valence-electron chi connectivity index (χ0n) is 14.6. The zero-order valence-corrected chi connectivity index (χ0v) is 14.6. The lowest BCUT2D eigenvalue weighted by Gasteiger charge is -2.49. The molecule has 0 spiro atoms. The number of esters is 1. The monoisotopic (exact) mass is 414 g/mol. The predicted molar refractivity (Wildman–Crippen MR) is 81.6 cm³/mol. The maximum atomic E-state index is 13.7. The topological polar surface area (TPSA) is 78.9 Å². The highest BCUT2D eigenvalue weighted by Gasteiger charge is 2.69. The van der Waals surface area contributed by atoms with E-state index in [1.807, 2.05) is 0 Å². The van der Waals surface area contributed by atoms with Crippen molar-refractivity contribution in [3.8, 4) is 0 Å². The van der Waals surface area contributed by atoms with E-state index < -0.39 is 47.6 Å². The number of rotatable bonds is 3. The van der Waals surface area contributed by atoms with Gasteiger partial charge in [-0.3, -0.25) is 9.69 Å². The van der Waals surface area contributed by atoms with Gasteiger partial charge >= 0.3 is 24.4 Å². The van der Waals surface area contributed by atoms with E-state index in [-0.39, 0.29) is 17.1 Å². The van der Waals surface area contributed by atoms with Crippen molar-refractivity contribution in [1.82, 2.24) is 10.2 Å². The third kappa shape index (κ3) is 3.60. The molecule has 0 saturated carbocycles. The van der Waals surface area contributed by atoms with E-state index in [1.54, 1.807) is 0 Å². The Hall–Kier alpha value is -2.50. The highest BCUT2D eigenvalue weighted by Crippen LogP contribution is 2.47. The summed E-state index contributed by atoms with van der Waals surface area (Å²) in [5.41, 5.74) is -5.25. The summed E-state index contributed by atoms with van der Waals surface area (Å²) in [4.78, 5) is 24.2. The van der Waals surface area contributed by atoms with Crippen LogP contribution in [0.15, 0.2) is 24.3 Å². The van der Waals surface area contributed by atoms with Gasteiger partial charge in [0.05, 0.1) is 18.2 Å². The minimum absolute atomic E-state index is 0.0881. The first kappa shape index (κ1) is 21.8. The summed E-state index contributed by atoms with van der Waals surface area (Å²) >= 11 is 0. The zero-order chi connectivity index (χ0) is 21.5. The lowest BCUT2D eigenvalue weighted by Crippen LogP contribution is -2.73. The van der Waals surface area contributed by atoms with Crippen LogP contribution in [0.3, 0.4) is 0 Å². The number of aliphatic hydroxyl groups is 1. The van der Waals surface area contributed by atoms with Crippen LogP contribution in [0.1, 0.15) is 24.1 Å². The molecule has 2 rings (SSSR count). The Kier molecular flexibility index (Phi) is 5.57. The van der Waals surface area contributed by atoms with Gasteiger partial charge < -0.3 is 15.2 Å². The Morgan fingerprint density at radius 1 is 1.21 bits per heavy atom. The first-order valence-corrected chi connectivity index (χ1v) is 7.92. The Labute approximate surface area is 155 Å². The first-order chi connectivity index (χ1) is 12.7. The standard InChI is InChI=1S/C16H16F6N2O4/c1-3-28-12(25)10-11(8-4-6-9(7-5-8)15(17,18)19)23-13(26)24(2)14(10,27)16(20,21)22/h4-7,10-11,27H,3H2,1-2H3,(H,23,26)/t10-,11+,14-/m0/s1. The van der Waals surface area contributed by atoms with Crippen LogP contribution in [-0.4, -0.2) is 47.6 Å². The van der Waals surface area contributed by atoms with Gasteiger partial charge in [0.1, 0.15) is 5.92 Å². The summed E-state index contributed by atoms with van der Waals surface area (Å²) in [5, 5.41) is 12.5. The van der Waals surface area contributed by atoms with Gasteiger partial charge in [-0.15, -0.1) is 0 Å². The normalized spacial score (nSPS) is 26.0. The number of nitrogens with one attached hydrogen (secondary N) is 1. The molecule has 0 aromatic heterocycles. The molecule has 0 unspecified atom stereocenters. The molecular formula is C16H16F6N2O4. The van der Waals surface area contributed by atoms with E-state index in [1.165, 1.54) is 6.92 Å². The molecule has 1 aromatic carbocycles. The molecule has 2 amide bonds. The number of carbonyl (C=O) groups excluding carboxylic acids is 2. The van der Waals surface area contributed by atoms with Gasteiger partial charge in [0.2, 0.25) is 0 Å². The maximum absolute atomic E-state index is 13.7. The van der Waals surface area contributed by atoms with Crippen LogP contribution in [0.5, 0.6) is 0 Å². The van der Waals surface area contributed by atoms with Crippen molar-refractivity contribution < 1.29 is 45.8 Å². The van der Waals surface area contributed by atoms with Crippen LogP contribution in [-0.2, 0) is 15.7 Å². The molecular weight excluding hydrogens is 398 g/mol. The lowest BCUT2D eigenvalue weighted by atomic mass is 9.81. The molecule has 2 N–H and O–H groups in total. The quantitative estimate of drug-likeness (QED) is 0.589. The van der Waals surface area contributed by atoms with Gasteiger partial charge in [-0.05, 0) is 24.6 Å². The predicted octanol–water partition coefficient (Wildman–Crippen LogP) is 2.83. The van der Waals surface area contributed by atoms with Crippen molar-refractivity contribution in [2.45, 2.75) is 31.0 Å². The van der Waals surface area contributed by atoms with Crippen LogP contribution in [0.2, 0.25) is 0 Å². The molecule has 1 aliphatic rings. The fourth-order valence-electron chi connectivity index (χ4n) is 2.96. The van der Waals surface area contributed by atoms with Gasteiger partial charge in [0.15, 0.2) is 0 Å². The number of hydrogen-bond acceptors (Lipinski definition) is 4. The van der Waals surface area contributed by atoms with E-state index in [9.17, 15) is 41.0 Å². The number of urea groups is 1. The summed E-state index contributed by atoms with van der Waals surface area (Å²) in [6.07, 6.45) is -10.1. The van der Waals surface area contributed by atoms with Crippen LogP contribution in [0.4, 0.5) is 31.1 Å². The maximum Gasteiger partial charge on any atom is 0.437 e. The van der Waals surface area contributed by atoms with Crippen molar-refractivity contribution in [3.05, 3.63) is 35.4 Å². The van der Waals surface area contributed by atoms with Gasteiger partial charge in [-0.1, -0.05) is 12.1 Å². The summed E-state index contributed by atoms with van der Waals surface area (Å²) < 4.78 is 83.8. The molecule has 0 bridgehead atoms. The smallest absolute Gasteiger partial charge is 0.437 e. The Bertz CT molecular complexity index is 749. The lowest BCUT2D eigenvalue weighted by molar-refractivity contribution is -0.328. The Morgan fingerprint density at radius 3 is 2.18 bits per heavy atom. The van der Waals surface area contributed by atoms with E-state index in [2.05, 4.69) is 10.1 Å². The van der Waals surface area contributed by atoms with Crippen LogP contribution < -0.4 is 5.32 Å². The second kappa shape index (κ2) is 7.15. The van der Waals surface area contributed by atoms with E-state index >= 15 is 0 Å². The molecule has 28 heavy (non-hydrogen) atoms. The SMILES string of the molecule is CCOC(=O)[C@@H]1[C@@H](c2ccc(C(F)(F)F)cc2)NC(=O)N(C)[C@@]1(O)C(F)(F)F. The third-order valence-electron chi connectivity index (χ3n) is 4.42. The molecule has 1 fully saturated rings. The average Bonchev–Trinajstić information content (AvgIpc) is 2.57. The van der Waals surface area contributed by atoms with E-state index in [4.69, 9.17) is 0 Å². The fraction of sp³-hybridized carbons (Fsp3) is 0.500. The number of carbonyl (C=O) groups is 2. The second-order valence-corrected chi connectivity index (χ2v) is 6.06. The molecule has 1 aliphatic heterocycles. The average molecular weight is 414 g/mol. The number of alkyl halides is 6. The number of ether oxygens (including phenoxy) is 1. The van der Waals surface area contributed by atoms with Crippen molar-refractivity contribution >= 4 is 12.0 Å². The Morgan fingerprint density at radius 2 is 1.75 bits per heavy atom. The van der Waals surface area contributed by atoms with Crippen LogP contribution in [0, 0.1) is 5.92 Å². The molecule has 1 aromatic rings. The van der Waals surface area contributed by atoms with E-state index in [0.717, 1.165) is 12.1 Å². The largest absolute Gasteiger partial charge is 0.466 e. The van der Waals surface area contributed by atoms with Crippen molar-refractivity contribution in [1.29, 1.82) is 0 Å². The number of amides is 2. The van der Waals surface area contributed by atoms with Gasteiger partial charge in [0.25, 0.3) is 5.72 Å². The van der Waals surface area contributed by atoms with Crippen molar-refractivity contribution in [2.75, 3.05) is 13.7 Å². The minimum atomic E-state index is -5.46. The Balaban J connectivity index is 2.60. The van der Waals surface area contributed by atoms with Crippen LogP contribution >= 0.6 is 0 Å². The molecule has 156 valence electrons. The number of benzene rings is 1. The highest BCUT2D eigenvalue weighted by molar-refractivity contribution is 5.83. The number of nitrogens with zero attached hydrogens (tertiary/aromatic N) is 1. The summed E-state index contributed by atoms with van der Waals surface area (Å²) in [6, 6.07) is -0.324. The molecule has 3 atom stereocenters. The molecule has 1 saturated heterocycles. The number of hydrogen-bond donors (Lipinski definition) is 2. The summed E-state index contributed by atoms with van der Waals surface area (Å²) in [7, 11) is 0.637. The molecule has 1 heterocycles. The molecule has 0 aliphatic carbocycles. The van der Waals surface area contributed by atoms with Crippen molar-refractivity contribution in [2.24, 2.45) is 5.92 Å². The minimum Gasteiger partial charge on any atom is -0.466 e. The van der Waals surface area contributed by atoms with Crippen molar-refractivity contribution in [3.63, 3.8) is 0 Å². The molecule has 12 heteroatoms. The number of halogens is 6. The van der Waals surface area contributed by atoms with Gasteiger partial charge in [-0.2, -0.15) is 26.3 Å². The molecule has 6 nitrogen and oxygen atoms in total. The van der Waals surface area contributed by atoms with Gasteiger partial charge in [0, 0.05) is 7.05 Å². The molecule has 0 radical (unpaired) electrons. The van der Waals surface area contributed by atoms with Gasteiger partial charge in [-0.25, -0.2) is 4.79 Å². The first-order valence-electron chi connectivity index (χ1n) is 7.92. The second-order valence-electron chi connectivity index (χ2n) is 6.06. The van der Waals surface area contributed by atoms with Crippen LogP contribution in [0.25, 0.3) is 0 Å².